The Morgan fingerprint density at radius 3 is 2.70 bits per heavy atom. The summed E-state index contributed by atoms with van der Waals surface area (Å²) in [6.45, 7) is 6.67. The van der Waals surface area contributed by atoms with Gasteiger partial charge in [-0.2, -0.15) is 11.3 Å². The van der Waals surface area contributed by atoms with E-state index in [2.05, 4.69) is 40.9 Å². The first kappa shape index (κ1) is 17.4. The highest BCUT2D eigenvalue weighted by atomic mass is 32.1. The molecule has 0 spiro atoms. The molecule has 2 aromatic rings. The van der Waals surface area contributed by atoms with Gasteiger partial charge in [-0.3, -0.25) is 14.5 Å². The zero-order valence-corrected chi connectivity index (χ0v) is 14.4. The first-order valence-electron chi connectivity index (χ1n) is 7.84. The van der Waals surface area contributed by atoms with Crippen LogP contribution in [0.25, 0.3) is 0 Å². The van der Waals surface area contributed by atoms with E-state index >= 15 is 0 Å². The molecule has 1 amide bonds. The summed E-state index contributed by atoms with van der Waals surface area (Å²) in [5.74, 6) is -0.148. The van der Waals surface area contributed by atoms with E-state index in [0.29, 0.717) is 6.54 Å². The van der Waals surface area contributed by atoms with Crippen LogP contribution in [0, 0.1) is 0 Å². The number of hydrogen-bond donors (Lipinski definition) is 1. The average Bonchev–Trinajstić information content (AvgIpc) is 3.08. The molecule has 1 unspecified atom stereocenters. The maximum Gasteiger partial charge on any atom is 0.250 e. The van der Waals surface area contributed by atoms with Crippen LogP contribution in [0.15, 0.2) is 46.0 Å². The smallest absolute Gasteiger partial charge is 0.250 e. The van der Waals surface area contributed by atoms with Crippen molar-refractivity contribution in [3.05, 3.63) is 57.1 Å². The van der Waals surface area contributed by atoms with Crippen molar-refractivity contribution in [2.24, 2.45) is 0 Å². The van der Waals surface area contributed by atoms with Crippen molar-refractivity contribution in [2.45, 2.75) is 26.4 Å². The quantitative estimate of drug-likeness (QED) is 0.805. The van der Waals surface area contributed by atoms with Crippen LogP contribution in [0.5, 0.6) is 0 Å². The third-order valence-electron chi connectivity index (χ3n) is 3.89. The Labute approximate surface area is 140 Å². The standard InChI is InChI=1S/C17H23N3O2S/c1-3-19(4-2)15(14-8-10-23-13-14)11-18-16(21)12-20-9-6-5-7-17(20)22/h5-10,13,15H,3-4,11-12H2,1-2H3,(H,18,21). The third kappa shape index (κ3) is 4.77. The summed E-state index contributed by atoms with van der Waals surface area (Å²) in [6, 6.07) is 7.13. The van der Waals surface area contributed by atoms with Crippen molar-refractivity contribution >= 4 is 17.2 Å². The normalized spacial score (nSPS) is 12.3. The SMILES string of the molecule is CCN(CC)C(CNC(=O)Cn1ccccc1=O)c1ccsc1. The van der Waals surface area contributed by atoms with Gasteiger partial charge in [0.1, 0.15) is 6.54 Å². The molecule has 1 atom stereocenters. The lowest BCUT2D eigenvalue weighted by atomic mass is 10.1. The molecule has 2 rings (SSSR count). The monoisotopic (exact) mass is 333 g/mol. The molecule has 0 aliphatic rings. The van der Waals surface area contributed by atoms with E-state index in [4.69, 9.17) is 0 Å². The maximum absolute atomic E-state index is 12.2. The molecule has 0 radical (unpaired) electrons. The number of nitrogens with zero attached hydrogens (tertiary/aromatic N) is 2. The fourth-order valence-corrected chi connectivity index (χ4v) is 3.31. The Kier molecular flexibility index (Phi) is 6.55. The van der Waals surface area contributed by atoms with Crippen LogP contribution >= 0.6 is 11.3 Å². The Hall–Kier alpha value is -1.92. The molecule has 0 bridgehead atoms. The van der Waals surface area contributed by atoms with Gasteiger partial charge in [0.2, 0.25) is 5.91 Å². The summed E-state index contributed by atoms with van der Waals surface area (Å²) >= 11 is 1.66. The second kappa shape index (κ2) is 8.64. The number of pyridine rings is 1. The van der Waals surface area contributed by atoms with Gasteiger partial charge in [-0.15, -0.1) is 0 Å². The van der Waals surface area contributed by atoms with Crippen LogP contribution in [-0.4, -0.2) is 35.0 Å². The minimum absolute atomic E-state index is 0.0499. The molecule has 0 fully saturated rings. The molecule has 6 heteroatoms. The highest BCUT2D eigenvalue weighted by molar-refractivity contribution is 7.07. The highest BCUT2D eigenvalue weighted by Crippen LogP contribution is 2.22. The number of amides is 1. The van der Waals surface area contributed by atoms with Crippen molar-refractivity contribution in [2.75, 3.05) is 19.6 Å². The second-order valence-electron chi connectivity index (χ2n) is 5.26. The zero-order chi connectivity index (χ0) is 16.7. The number of carbonyl (C=O) groups excluding carboxylic acids is 1. The first-order chi connectivity index (χ1) is 11.2. The van der Waals surface area contributed by atoms with Gasteiger partial charge in [-0.05, 0) is 41.5 Å². The number of aromatic nitrogens is 1. The van der Waals surface area contributed by atoms with Crippen LogP contribution in [0.2, 0.25) is 0 Å². The summed E-state index contributed by atoms with van der Waals surface area (Å²) in [6.07, 6.45) is 1.63. The predicted molar refractivity (Wildman–Crippen MR) is 93.7 cm³/mol. The van der Waals surface area contributed by atoms with E-state index in [1.54, 1.807) is 29.7 Å². The number of thiophene rings is 1. The van der Waals surface area contributed by atoms with Gasteiger partial charge in [0.15, 0.2) is 0 Å². The van der Waals surface area contributed by atoms with E-state index in [-0.39, 0.29) is 24.1 Å². The Morgan fingerprint density at radius 2 is 2.09 bits per heavy atom. The fourth-order valence-electron chi connectivity index (χ4n) is 2.60. The molecule has 23 heavy (non-hydrogen) atoms. The molecule has 0 aromatic carbocycles. The molecular weight excluding hydrogens is 310 g/mol. The molecule has 124 valence electrons. The van der Waals surface area contributed by atoms with Crippen LogP contribution < -0.4 is 10.9 Å². The lowest BCUT2D eigenvalue weighted by Gasteiger charge is -2.29. The van der Waals surface area contributed by atoms with Crippen LogP contribution in [0.4, 0.5) is 0 Å². The lowest BCUT2D eigenvalue weighted by molar-refractivity contribution is -0.122. The third-order valence-corrected chi connectivity index (χ3v) is 4.59. The van der Waals surface area contributed by atoms with Crippen molar-refractivity contribution in [3.63, 3.8) is 0 Å². The van der Waals surface area contributed by atoms with E-state index in [1.807, 2.05) is 0 Å². The van der Waals surface area contributed by atoms with Gasteiger partial charge in [0.05, 0.1) is 6.04 Å². The molecule has 0 saturated heterocycles. The summed E-state index contributed by atoms with van der Waals surface area (Å²) in [7, 11) is 0. The second-order valence-corrected chi connectivity index (χ2v) is 6.04. The Bertz CT molecular complexity index is 662. The lowest BCUT2D eigenvalue weighted by Crippen LogP contribution is -2.39. The summed E-state index contributed by atoms with van der Waals surface area (Å²) < 4.78 is 1.41. The molecular formula is C17H23N3O2S. The molecule has 5 nitrogen and oxygen atoms in total. The maximum atomic E-state index is 12.2. The topological polar surface area (TPSA) is 54.3 Å². The Morgan fingerprint density at radius 1 is 1.30 bits per heavy atom. The number of rotatable bonds is 8. The van der Waals surface area contributed by atoms with Gasteiger partial charge in [-0.1, -0.05) is 19.9 Å². The molecule has 2 aromatic heterocycles. The average molecular weight is 333 g/mol. The van der Waals surface area contributed by atoms with Crippen molar-refractivity contribution in [3.8, 4) is 0 Å². The van der Waals surface area contributed by atoms with Gasteiger partial charge in [0, 0.05) is 18.8 Å². The van der Waals surface area contributed by atoms with Crippen LogP contribution in [0.3, 0.4) is 0 Å². The summed E-state index contributed by atoms with van der Waals surface area (Å²) in [4.78, 5) is 26.1. The van der Waals surface area contributed by atoms with Gasteiger partial charge >= 0.3 is 0 Å². The molecule has 0 aliphatic carbocycles. The Balaban J connectivity index is 1.99. The largest absolute Gasteiger partial charge is 0.353 e. The number of carbonyl (C=O) groups is 1. The number of likely N-dealkylation sites (N-methyl/N-ethyl adjacent to an activating group) is 1. The minimum Gasteiger partial charge on any atom is -0.353 e. The fraction of sp³-hybridized carbons (Fsp3) is 0.412. The molecule has 0 saturated carbocycles. The summed E-state index contributed by atoms with van der Waals surface area (Å²) in [5.41, 5.74) is 1.05. The zero-order valence-electron chi connectivity index (χ0n) is 13.6. The van der Waals surface area contributed by atoms with E-state index in [0.717, 1.165) is 13.1 Å². The van der Waals surface area contributed by atoms with Crippen LogP contribution in [-0.2, 0) is 11.3 Å². The predicted octanol–water partition coefficient (Wildman–Crippen LogP) is 2.11. The van der Waals surface area contributed by atoms with Crippen molar-refractivity contribution in [1.29, 1.82) is 0 Å². The molecule has 2 heterocycles. The van der Waals surface area contributed by atoms with E-state index < -0.39 is 0 Å². The van der Waals surface area contributed by atoms with Gasteiger partial charge in [0.25, 0.3) is 5.56 Å². The van der Waals surface area contributed by atoms with Crippen molar-refractivity contribution in [1.82, 2.24) is 14.8 Å². The first-order valence-corrected chi connectivity index (χ1v) is 8.78. The number of hydrogen-bond acceptors (Lipinski definition) is 4. The van der Waals surface area contributed by atoms with E-state index in [1.165, 1.54) is 16.2 Å². The highest BCUT2D eigenvalue weighted by Gasteiger charge is 2.19. The van der Waals surface area contributed by atoms with E-state index in [9.17, 15) is 9.59 Å². The number of nitrogens with one attached hydrogen (secondary N) is 1. The minimum atomic E-state index is -0.166. The van der Waals surface area contributed by atoms with Gasteiger partial charge in [-0.25, -0.2) is 0 Å². The van der Waals surface area contributed by atoms with Gasteiger partial charge < -0.3 is 9.88 Å². The molecule has 0 aliphatic heterocycles. The van der Waals surface area contributed by atoms with Crippen molar-refractivity contribution < 1.29 is 4.79 Å². The summed E-state index contributed by atoms with van der Waals surface area (Å²) in [5, 5.41) is 7.13. The van der Waals surface area contributed by atoms with Crippen LogP contribution in [0.1, 0.15) is 25.5 Å². The molecule has 1 N–H and O–H groups in total.